The summed E-state index contributed by atoms with van der Waals surface area (Å²) in [6.45, 7) is 0. The number of hydrogen-bond acceptors (Lipinski definition) is 3. The maximum atomic E-state index is 12.6. The topological polar surface area (TPSA) is 38.9 Å². The van der Waals surface area contributed by atoms with Crippen molar-refractivity contribution in [3.8, 4) is 0 Å². The lowest BCUT2D eigenvalue weighted by molar-refractivity contribution is 0.501. The minimum atomic E-state index is -5.80. The molecule has 0 saturated carbocycles. The highest BCUT2D eigenvalue weighted by Gasteiger charge is 2.42. The highest BCUT2D eigenvalue weighted by molar-refractivity contribution is 7.22. The average molecular weight is 234 g/mol. The Labute approximate surface area is 82.7 Å². The van der Waals surface area contributed by atoms with Gasteiger partial charge in [0.15, 0.2) is 5.13 Å². The fraction of sp³-hybridized carbons (Fsp3) is 0. The van der Waals surface area contributed by atoms with Gasteiger partial charge < -0.3 is 5.73 Å². The largest absolute Gasteiger partial charge is 0.655 e. The molecule has 0 saturated heterocycles. The van der Waals surface area contributed by atoms with E-state index in [-0.39, 0.29) is 10.6 Å². The van der Waals surface area contributed by atoms with Crippen LogP contribution in [0.5, 0.6) is 0 Å². The summed E-state index contributed by atoms with van der Waals surface area (Å²) >= 11 is 1.07. The Bertz CT molecular complexity index is 479. The Morgan fingerprint density at radius 3 is 2.64 bits per heavy atom. The normalized spacial score (nSPS) is 12.2. The first kappa shape index (κ1) is 9.47. The van der Waals surface area contributed by atoms with E-state index in [1.165, 1.54) is 6.07 Å². The molecule has 0 aliphatic heterocycles. The molecule has 1 aromatic heterocycles. The number of para-hydroxylation sites is 1. The van der Waals surface area contributed by atoms with Crippen LogP contribution in [0.25, 0.3) is 10.2 Å². The van der Waals surface area contributed by atoms with Crippen molar-refractivity contribution in [2.45, 2.75) is 0 Å². The third-order valence-electron chi connectivity index (χ3n) is 1.74. The molecule has 7 heteroatoms. The van der Waals surface area contributed by atoms with Gasteiger partial charge in [-0.3, -0.25) is 0 Å². The van der Waals surface area contributed by atoms with E-state index in [2.05, 4.69) is 4.98 Å². The Balaban J connectivity index is 2.77. The van der Waals surface area contributed by atoms with Gasteiger partial charge in [-0.1, -0.05) is 23.5 Å². The SMILES string of the molecule is Nc1nc2c([Si](F)(F)F)cccc2s1. The molecule has 14 heavy (non-hydrogen) atoms. The molecule has 2 aromatic rings. The smallest absolute Gasteiger partial charge is 0.375 e. The maximum Gasteiger partial charge on any atom is 0.655 e. The van der Waals surface area contributed by atoms with E-state index in [1.54, 1.807) is 6.07 Å². The quantitative estimate of drug-likeness (QED) is 0.605. The molecule has 0 bridgehead atoms. The van der Waals surface area contributed by atoms with E-state index in [0.29, 0.717) is 4.70 Å². The van der Waals surface area contributed by atoms with Crippen molar-refractivity contribution in [2.75, 3.05) is 5.73 Å². The number of halogens is 3. The van der Waals surface area contributed by atoms with Crippen molar-refractivity contribution < 1.29 is 12.3 Å². The Hall–Kier alpha value is -1.08. The zero-order valence-electron chi connectivity index (χ0n) is 6.80. The van der Waals surface area contributed by atoms with Crippen LogP contribution in [-0.2, 0) is 0 Å². The number of rotatable bonds is 1. The Morgan fingerprint density at radius 1 is 1.29 bits per heavy atom. The third kappa shape index (κ3) is 1.48. The summed E-state index contributed by atoms with van der Waals surface area (Å²) in [5, 5.41) is -0.423. The minimum absolute atomic E-state index is 0.00540. The lowest BCUT2D eigenvalue weighted by atomic mass is 10.3. The molecule has 0 spiro atoms. The molecule has 2 N–H and O–H groups in total. The molecular weight excluding hydrogens is 229 g/mol. The van der Waals surface area contributed by atoms with Gasteiger partial charge in [-0.05, 0) is 6.07 Å². The van der Waals surface area contributed by atoms with Crippen LogP contribution in [0, 0.1) is 0 Å². The number of thiazole rings is 1. The number of anilines is 1. The van der Waals surface area contributed by atoms with Gasteiger partial charge in [-0.2, -0.15) is 0 Å². The van der Waals surface area contributed by atoms with Crippen LogP contribution >= 0.6 is 11.3 Å². The van der Waals surface area contributed by atoms with Crippen LogP contribution in [0.4, 0.5) is 17.5 Å². The van der Waals surface area contributed by atoms with E-state index >= 15 is 0 Å². The van der Waals surface area contributed by atoms with Crippen LogP contribution in [0.3, 0.4) is 0 Å². The monoisotopic (exact) mass is 234 g/mol. The number of benzene rings is 1. The van der Waals surface area contributed by atoms with Gasteiger partial charge in [-0.15, -0.1) is 0 Å². The lowest BCUT2D eigenvalue weighted by Gasteiger charge is -2.02. The molecule has 0 amide bonds. The summed E-state index contributed by atoms with van der Waals surface area (Å²) in [5.41, 5.74) is 5.35. The fourth-order valence-electron chi connectivity index (χ4n) is 1.19. The average Bonchev–Trinajstić information content (AvgIpc) is 2.41. The molecule has 2 nitrogen and oxygen atoms in total. The summed E-state index contributed by atoms with van der Waals surface area (Å²) in [4.78, 5) is 3.69. The summed E-state index contributed by atoms with van der Waals surface area (Å²) in [6.07, 6.45) is 0. The van der Waals surface area contributed by atoms with Crippen LogP contribution in [0.1, 0.15) is 0 Å². The van der Waals surface area contributed by atoms with Crippen molar-refractivity contribution >= 4 is 40.9 Å². The van der Waals surface area contributed by atoms with Gasteiger partial charge in [0.2, 0.25) is 0 Å². The summed E-state index contributed by atoms with van der Waals surface area (Å²) in [6, 6.07) is 4.04. The van der Waals surface area contributed by atoms with Crippen molar-refractivity contribution in [3.05, 3.63) is 18.2 Å². The van der Waals surface area contributed by atoms with Gasteiger partial charge in [-0.25, -0.2) is 17.3 Å². The zero-order chi connectivity index (χ0) is 10.3. The fourth-order valence-corrected chi connectivity index (χ4v) is 2.79. The van der Waals surface area contributed by atoms with Crippen LogP contribution in [0.2, 0.25) is 0 Å². The summed E-state index contributed by atoms with van der Waals surface area (Å²) < 4.78 is 38.3. The minimum Gasteiger partial charge on any atom is -0.375 e. The summed E-state index contributed by atoms with van der Waals surface area (Å²) in [5.74, 6) is 0. The molecule has 0 unspecified atom stereocenters. The summed E-state index contributed by atoms with van der Waals surface area (Å²) in [7, 11) is -5.80. The molecule has 0 aliphatic rings. The zero-order valence-corrected chi connectivity index (χ0v) is 8.62. The van der Waals surface area contributed by atoms with Gasteiger partial charge in [0.25, 0.3) is 0 Å². The number of fused-ring (bicyclic) bond motifs is 1. The van der Waals surface area contributed by atoms with Crippen LogP contribution in [-0.4, -0.2) is 14.1 Å². The van der Waals surface area contributed by atoms with Crippen molar-refractivity contribution in [2.24, 2.45) is 0 Å². The molecule has 1 heterocycles. The molecule has 0 radical (unpaired) electrons. The standard InChI is InChI=1S/C7H5F3N2SSi/c8-14(9,10)5-3-1-2-4-6(5)12-7(11)13-4/h1-3H,(H2,11,12). The number of nitrogens with zero attached hydrogens (tertiary/aromatic N) is 1. The molecule has 0 atom stereocenters. The van der Waals surface area contributed by atoms with Crippen molar-refractivity contribution in [1.29, 1.82) is 0 Å². The van der Waals surface area contributed by atoms with E-state index in [4.69, 9.17) is 5.73 Å². The molecule has 74 valence electrons. The van der Waals surface area contributed by atoms with Crippen LogP contribution < -0.4 is 10.9 Å². The first-order valence-electron chi connectivity index (χ1n) is 3.71. The Morgan fingerprint density at radius 2 is 2.00 bits per heavy atom. The second kappa shape index (κ2) is 2.96. The van der Waals surface area contributed by atoms with E-state index in [1.807, 2.05) is 0 Å². The van der Waals surface area contributed by atoms with Crippen molar-refractivity contribution in [3.63, 3.8) is 0 Å². The number of aromatic nitrogens is 1. The molecule has 1 aromatic carbocycles. The molecule has 2 rings (SSSR count). The first-order chi connectivity index (χ1) is 6.48. The second-order valence-electron chi connectivity index (χ2n) is 2.70. The lowest BCUT2D eigenvalue weighted by Crippen LogP contribution is -2.34. The molecular formula is C7H5F3N2SSi. The van der Waals surface area contributed by atoms with Crippen molar-refractivity contribution in [1.82, 2.24) is 4.98 Å². The third-order valence-corrected chi connectivity index (χ3v) is 3.60. The number of hydrogen-bond donors (Lipinski definition) is 1. The van der Waals surface area contributed by atoms with E-state index in [0.717, 1.165) is 17.4 Å². The van der Waals surface area contributed by atoms with Gasteiger partial charge in [0.1, 0.15) is 0 Å². The van der Waals surface area contributed by atoms with E-state index in [9.17, 15) is 12.3 Å². The predicted molar refractivity (Wildman–Crippen MR) is 52.7 cm³/mol. The van der Waals surface area contributed by atoms with Gasteiger partial charge in [0, 0.05) is 0 Å². The van der Waals surface area contributed by atoms with Crippen LogP contribution in [0.15, 0.2) is 18.2 Å². The highest BCUT2D eigenvalue weighted by atomic mass is 32.1. The molecule has 0 aliphatic carbocycles. The second-order valence-corrected chi connectivity index (χ2v) is 5.30. The highest BCUT2D eigenvalue weighted by Crippen LogP contribution is 2.24. The van der Waals surface area contributed by atoms with E-state index < -0.39 is 14.3 Å². The first-order valence-corrected chi connectivity index (χ1v) is 6.16. The maximum absolute atomic E-state index is 12.6. The molecule has 0 fully saturated rings. The van der Waals surface area contributed by atoms with Gasteiger partial charge >= 0.3 is 9.08 Å². The predicted octanol–water partition coefficient (Wildman–Crippen LogP) is 1.93. The number of nitrogens with two attached hydrogens (primary N) is 1. The van der Waals surface area contributed by atoms with Gasteiger partial charge in [0.05, 0.1) is 15.4 Å². The Kier molecular flexibility index (Phi) is 2.00. The number of nitrogen functional groups attached to an aromatic ring is 1.